The summed E-state index contributed by atoms with van der Waals surface area (Å²) in [6, 6.07) is 12.0. The van der Waals surface area contributed by atoms with Crippen molar-refractivity contribution in [2.45, 2.75) is 45.0 Å². The highest BCUT2D eigenvalue weighted by Gasteiger charge is 2.44. The molecule has 0 radical (unpaired) electrons. The SMILES string of the molecule is CC(C)[C@@H]1CCC2OC[C@H](c3ccccc3)N21. The van der Waals surface area contributed by atoms with Crippen molar-refractivity contribution in [3.63, 3.8) is 0 Å². The molecule has 0 amide bonds. The molecule has 3 rings (SSSR count). The van der Waals surface area contributed by atoms with Crippen molar-refractivity contribution in [2.75, 3.05) is 6.61 Å². The lowest BCUT2D eigenvalue weighted by atomic mass is 9.99. The van der Waals surface area contributed by atoms with Crippen LogP contribution < -0.4 is 0 Å². The summed E-state index contributed by atoms with van der Waals surface area (Å²) in [4.78, 5) is 2.61. The van der Waals surface area contributed by atoms with Crippen LogP contribution in [0.25, 0.3) is 0 Å². The van der Waals surface area contributed by atoms with Gasteiger partial charge in [0.05, 0.1) is 12.6 Å². The predicted molar refractivity (Wildman–Crippen MR) is 68.6 cm³/mol. The van der Waals surface area contributed by atoms with Crippen LogP contribution in [0, 0.1) is 5.92 Å². The molecular formula is C15H21NO. The van der Waals surface area contributed by atoms with E-state index in [9.17, 15) is 0 Å². The van der Waals surface area contributed by atoms with Crippen LogP contribution in [0.3, 0.4) is 0 Å². The van der Waals surface area contributed by atoms with Crippen LogP contribution in [0.4, 0.5) is 0 Å². The minimum Gasteiger partial charge on any atom is -0.361 e. The Hall–Kier alpha value is -0.860. The zero-order valence-corrected chi connectivity index (χ0v) is 10.7. The Morgan fingerprint density at radius 1 is 1.18 bits per heavy atom. The number of benzene rings is 1. The number of nitrogens with zero attached hydrogens (tertiary/aromatic N) is 1. The summed E-state index contributed by atoms with van der Waals surface area (Å²) in [5.41, 5.74) is 1.41. The van der Waals surface area contributed by atoms with E-state index in [4.69, 9.17) is 4.74 Å². The van der Waals surface area contributed by atoms with Gasteiger partial charge < -0.3 is 4.74 Å². The van der Waals surface area contributed by atoms with Crippen LogP contribution in [-0.4, -0.2) is 23.8 Å². The first-order valence-corrected chi connectivity index (χ1v) is 6.71. The summed E-state index contributed by atoms with van der Waals surface area (Å²) in [6.07, 6.45) is 2.85. The highest BCUT2D eigenvalue weighted by Crippen LogP contribution is 2.41. The van der Waals surface area contributed by atoms with E-state index in [1.165, 1.54) is 18.4 Å². The van der Waals surface area contributed by atoms with Crippen LogP contribution in [0.2, 0.25) is 0 Å². The zero-order valence-electron chi connectivity index (χ0n) is 10.7. The summed E-state index contributed by atoms with van der Waals surface area (Å²) < 4.78 is 5.95. The second-order valence-corrected chi connectivity index (χ2v) is 5.55. The van der Waals surface area contributed by atoms with Gasteiger partial charge in [0, 0.05) is 6.04 Å². The van der Waals surface area contributed by atoms with Crippen LogP contribution in [0.5, 0.6) is 0 Å². The number of rotatable bonds is 2. The Kier molecular flexibility index (Phi) is 2.93. The largest absolute Gasteiger partial charge is 0.361 e. The fourth-order valence-corrected chi connectivity index (χ4v) is 3.34. The quantitative estimate of drug-likeness (QED) is 0.775. The van der Waals surface area contributed by atoms with Crippen LogP contribution in [-0.2, 0) is 4.74 Å². The van der Waals surface area contributed by atoms with Gasteiger partial charge in [0.1, 0.15) is 6.23 Å². The number of ether oxygens (including phenoxy) is 1. The van der Waals surface area contributed by atoms with Gasteiger partial charge in [-0.1, -0.05) is 44.2 Å². The first kappa shape index (κ1) is 11.2. The summed E-state index contributed by atoms with van der Waals surface area (Å²) in [5.74, 6) is 0.716. The van der Waals surface area contributed by atoms with Gasteiger partial charge in [0.15, 0.2) is 0 Å². The van der Waals surface area contributed by atoms with Crippen molar-refractivity contribution in [1.82, 2.24) is 4.90 Å². The van der Waals surface area contributed by atoms with Crippen molar-refractivity contribution in [3.8, 4) is 0 Å². The Balaban J connectivity index is 1.87. The third-order valence-corrected chi connectivity index (χ3v) is 4.19. The second kappa shape index (κ2) is 4.43. The molecule has 0 saturated carbocycles. The minimum absolute atomic E-state index is 0.368. The van der Waals surface area contributed by atoms with Crippen molar-refractivity contribution in [2.24, 2.45) is 5.92 Å². The summed E-state index contributed by atoms with van der Waals surface area (Å²) in [5, 5.41) is 0. The molecule has 2 saturated heterocycles. The molecule has 2 heteroatoms. The molecule has 3 atom stereocenters. The number of hydrogen-bond acceptors (Lipinski definition) is 2. The Morgan fingerprint density at radius 2 is 1.94 bits per heavy atom. The molecule has 2 aliphatic rings. The lowest BCUT2D eigenvalue weighted by Crippen LogP contribution is -2.37. The van der Waals surface area contributed by atoms with Crippen molar-refractivity contribution in [1.29, 1.82) is 0 Å². The molecule has 2 aliphatic heterocycles. The van der Waals surface area contributed by atoms with Crippen LogP contribution in [0.15, 0.2) is 30.3 Å². The standard InChI is InChI=1S/C15H21NO/c1-11(2)13-8-9-15-16(13)14(10-17-15)12-6-4-3-5-7-12/h3-7,11,13-15H,8-10H2,1-2H3/t13-,14+,15?/m0/s1. The monoisotopic (exact) mass is 231 g/mol. The Labute approximate surface area is 104 Å². The first-order valence-electron chi connectivity index (χ1n) is 6.71. The molecule has 92 valence electrons. The summed E-state index contributed by atoms with van der Waals surface area (Å²) in [7, 11) is 0. The van der Waals surface area contributed by atoms with Gasteiger partial charge in [-0.05, 0) is 24.3 Å². The molecule has 2 heterocycles. The summed E-state index contributed by atoms with van der Waals surface area (Å²) >= 11 is 0. The first-order chi connectivity index (χ1) is 8.27. The van der Waals surface area contributed by atoms with E-state index in [2.05, 4.69) is 49.1 Å². The average Bonchev–Trinajstić information content (AvgIpc) is 2.90. The number of hydrogen-bond donors (Lipinski definition) is 0. The molecule has 2 nitrogen and oxygen atoms in total. The van der Waals surface area contributed by atoms with E-state index < -0.39 is 0 Å². The molecule has 1 aromatic carbocycles. The molecule has 0 N–H and O–H groups in total. The van der Waals surface area contributed by atoms with Gasteiger partial charge in [-0.15, -0.1) is 0 Å². The van der Waals surface area contributed by atoms with E-state index in [0.29, 0.717) is 24.2 Å². The molecule has 0 bridgehead atoms. The normalized spacial score (nSPS) is 33.2. The van der Waals surface area contributed by atoms with E-state index in [0.717, 1.165) is 6.61 Å². The molecule has 0 aliphatic carbocycles. The van der Waals surface area contributed by atoms with Crippen LogP contribution >= 0.6 is 0 Å². The van der Waals surface area contributed by atoms with Gasteiger partial charge in [-0.3, -0.25) is 4.90 Å². The lowest BCUT2D eigenvalue weighted by molar-refractivity contribution is 0.0386. The lowest BCUT2D eigenvalue weighted by Gasteiger charge is -2.31. The third-order valence-electron chi connectivity index (χ3n) is 4.19. The van der Waals surface area contributed by atoms with Gasteiger partial charge in [-0.25, -0.2) is 0 Å². The molecule has 0 aromatic heterocycles. The molecule has 17 heavy (non-hydrogen) atoms. The van der Waals surface area contributed by atoms with Crippen molar-refractivity contribution < 1.29 is 4.74 Å². The van der Waals surface area contributed by atoms with Crippen LogP contribution in [0.1, 0.15) is 38.3 Å². The smallest absolute Gasteiger partial charge is 0.111 e. The Bertz CT molecular complexity index is 376. The van der Waals surface area contributed by atoms with E-state index in [1.807, 2.05) is 0 Å². The van der Waals surface area contributed by atoms with Gasteiger partial charge in [0.2, 0.25) is 0 Å². The topological polar surface area (TPSA) is 12.5 Å². The molecule has 1 unspecified atom stereocenters. The maximum Gasteiger partial charge on any atom is 0.111 e. The van der Waals surface area contributed by atoms with Gasteiger partial charge in [0.25, 0.3) is 0 Å². The maximum atomic E-state index is 5.95. The highest BCUT2D eigenvalue weighted by molar-refractivity contribution is 5.21. The van der Waals surface area contributed by atoms with E-state index >= 15 is 0 Å². The zero-order chi connectivity index (χ0) is 11.8. The average molecular weight is 231 g/mol. The fraction of sp³-hybridized carbons (Fsp3) is 0.600. The van der Waals surface area contributed by atoms with E-state index in [-0.39, 0.29) is 0 Å². The van der Waals surface area contributed by atoms with Gasteiger partial charge in [-0.2, -0.15) is 0 Å². The number of fused-ring (bicyclic) bond motifs is 1. The summed E-state index contributed by atoms with van der Waals surface area (Å²) in [6.45, 7) is 5.51. The minimum atomic E-state index is 0.368. The molecular weight excluding hydrogens is 210 g/mol. The maximum absolute atomic E-state index is 5.95. The van der Waals surface area contributed by atoms with Crippen molar-refractivity contribution in [3.05, 3.63) is 35.9 Å². The molecule has 1 aromatic rings. The predicted octanol–water partition coefficient (Wildman–Crippen LogP) is 3.20. The van der Waals surface area contributed by atoms with E-state index in [1.54, 1.807) is 0 Å². The molecule has 0 spiro atoms. The van der Waals surface area contributed by atoms with Crippen molar-refractivity contribution >= 4 is 0 Å². The second-order valence-electron chi connectivity index (χ2n) is 5.55. The third kappa shape index (κ3) is 1.90. The van der Waals surface area contributed by atoms with Gasteiger partial charge >= 0.3 is 0 Å². The Morgan fingerprint density at radius 3 is 2.65 bits per heavy atom. The highest BCUT2D eigenvalue weighted by atomic mass is 16.5. The molecule has 2 fully saturated rings. The fourth-order valence-electron chi connectivity index (χ4n) is 3.34.